The summed E-state index contributed by atoms with van der Waals surface area (Å²) in [6.07, 6.45) is 3.09. The lowest BCUT2D eigenvalue weighted by Crippen LogP contribution is -2.40. The molecule has 3 rings (SSSR count). The number of hydrogen-bond donors (Lipinski definition) is 0. The van der Waals surface area contributed by atoms with Gasteiger partial charge >= 0.3 is 11.1 Å². The lowest BCUT2D eigenvalue weighted by molar-refractivity contribution is 0.622. The minimum absolute atomic E-state index is 0.153. The molecule has 5 heteroatoms. The highest BCUT2D eigenvalue weighted by atomic mass is 19.1. The minimum atomic E-state index is -0.641. The lowest BCUT2D eigenvalue weighted by Gasteiger charge is -2.09. The molecule has 1 heterocycles. The van der Waals surface area contributed by atoms with E-state index in [1.807, 2.05) is 19.1 Å². The highest BCUT2D eigenvalue weighted by Crippen LogP contribution is 2.07. The first kappa shape index (κ1) is 15.0. The van der Waals surface area contributed by atoms with Gasteiger partial charge in [0.15, 0.2) is 0 Å². The number of aromatic nitrogens is 2. The molecule has 0 radical (unpaired) electrons. The Kier molecular flexibility index (Phi) is 3.93. The largest absolute Gasteiger partial charge is 0.320 e. The average Bonchev–Trinajstić information content (AvgIpc) is 2.53. The van der Waals surface area contributed by atoms with Gasteiger partial charge in [-0.2, -0.15) is 0 Å². The Hall–Kier alpha value is -2.95. The first-order valence-corrected chi connectivity index (χ1v) is 7.18. The molecule has 0 aliphatic carbocycles. The van der Waals surface area contributed by atoms with Crippen LogP contribution in [0.4, 0.5) is 4.39 Å². The topological polar surface area (TPSA) is 44.0 Å². The van der Waals surface area contributed by atoms with Gasteiger partial charge in [-0.1, -0.05) is 29.8 Å². The normalized spacial score (nSPS) is 10.7. The van der Waals surface area contributed by atoms with Crippen LogP contribution in [0.1, 0.15) is 11.1 Å². The van der Waals surface area contributed by atoms with E-state index in [0.29, 0.717) is 11.3 Å². The summed E-state index contributed by atoms with van der Waals surface area (Å²) in [5.74, 6) is -0.372. The third-order valence-corrected chi connectivity index (χ3v) is 3.61. The summed E-state index contributed by atoms with van der Waals surface area (Å²) >= 11 is 0. The quantitative estimate of drug-likeness (QED) is 0.698. The second-order valence-electron chi connectivity index (χ2n) is 5.37. The van der Waals surface area contributed by atoms with Gasteiger partial charge in [0.2, 0.25) is 0 Å². The molecule has 0 fully saturated rings. The van der Waals surface area contributed by atoms with Gasteiger partial charge in [0.1, 0.15) is 5.82 Å². The lowest BCUT2D eigenvalue weighted by atomic mass is 10.2. The van der Waals surface area contributed by atoms with Crippen LogP contribution in [-0.2, 0) is 6.54 Å². The van der Waals surface area contributed by atoms with E-state index in [0.717, 1.165) is 5.56 Å². The van der Waals surface area contributed by atoms with Crippen LogP contribution in [0.3, 0.4) is 0 Å². The molecule has 0 N–H and O–H groups in total. The van der Waals surface area contributed by atoms with E-state index in [9.17, 15) is 14.0 Å². The Balaban J connectivity index is 1.99. The number of aryl methyl sites for hydroxylation is 1. The second kappa shape index (κ2) is 6.04. The van der Waals surface area contributed by atoms with Crippen LogP contribution < -0.4 is 11.1 Å². The zero-order valence-electron chi connectivity index (χ0n) is 12.6. The van der Waals surface area contributed by atoms with Crippen LogP contribution >= 0.6 is 0 Å². The first-order valence-electron chi connectivity index (χ1n) is 7.18. The van der Waals surface area contributed by atoms with Gasteiger partial charge in [0, 0.05) is 18.1 Å². The zero-order valence-corrected chi connectivity index (χ0v) is 12.6. The molecular weight excluding hydrogens is 295 g/mol. The fourth-order valence-electron chi connectivity index (χ4n) is 2.37. The van der Waals surface area contributed by atoms with E-state index in [1.165, 1.54) is 27.5 Å². The van der Waals surface area contributed by atoms with E-state index < -0.39 is 11.1 Å². The molecule has 0 unspecified atom stereocenters. The highest BCUT2D eigenvalue weighted by Gasteiger charge is 2.07. The van der Waals surface area contributed by atoms with Crippen molar-refractivity contribution < 1.29 is 4.39 Å². The van der Waals surface area contributed by atoms with Crippen molar-refractivity contribution in [1.29, 1.82) is 0 Å². The van der Waals surface area contributed by atoms with Crippen molar-refractivity contribution in [2.75, 3.05) is 0 Å². The molecule has 0 bridgehead atoms. The molecule has 0 aliphatic rings. The van der Waals surface area contributed by atoms with Crippen molar-refractivity contribution in [3.63, 3.8) is 0 Å². The summed E-state index contributed by atoms with van der Waals surface area (Å²) in [7, 11) is 0. The summed E-state index contributed by atoms with van der Waals surface area (Å²) in [6, 6.07) is 13.3. The molecule has 0 saturated carbocycles. The predicted octanol–water partition coefficient (Wildman–Crippen LogP) is 2.50. The molecule has 0 spiro atoms. The molecule has 0 atom stereocenters. The maximum atomic E-state index is 13.2. The van der Waals surface area contributed by atoms with E-state index in [2.05, 4.69) is 0 Å². The van der Waals surface area contributed by atoms with E-state index in [-0.39, 0.29) is 12.4 Å². The number of rotatable bonds is 3. The van der Waals surface area contributed by atoms with Crippen molar-refractivity contribution in [2.45, 2.75) is 13.5 Å². The van der Waals surface area contributed by atoms with Crippen molar-refractivity contribution in [2.24, 2.45) is 0 Å². The summed E-state index contributed by atoms with van der Waals surface area (Å²) < 4.78 is 15.8. The second-order valence-corrected chi connectivity index (χ2v) is 5.37. The summed E-state index contributed by atoms with van der Waals surface area (Å²) in [6.45, 7) is 2.10. The van der Waals surface area contributed by atoms with Crippen molar-refractivity contribution in [3.8, 4) is 5.69 Å². The molecule has 4 nitrogen and oxygen atoms in total. The SMILES string of the molecule is Cc1ccc(-n2ccn(Cc3cccc(F)c3)c(=O)c2=O)cc1. The molecule has 23 heavy (non-hydrogen) atoms. The molecular formula is C18H15FN2O2. The third kappa shape index (κ3) is 3.13. The van der Waals surface area contributed by atoms with Gasteiger partial charge in [0.05, 0.1) is 6.54 Å². The molecule has 3 aromatic rings. The van der Waals surface area contributed by atoms with Gasteiger partial charge in [0.25, 0.3) is 0 Å². The van der Waals surface area contributed by atoms with Gasteiger partial charge in [-0.3, -0.25) is 14.2 Å². The first-order chi connectivity index (χ1) is 11.0. The molecule has 116 valence electrons. The standard InChI is InChI=1S/C18H15FN2O2/c1-13-5-7-16(8-6-13)21-10-9-20(17(22)18(21)23)12-14-3-2-4-15(19)11-14/h2-11H,12H2,1H3. The van der Waals surface area contributed by atoms with Crippen LogP contribution in [-0.4, -0.2) is 9.13 Å². The van der Waals surface area contributed by atoms with Crippen LogP contribution in [0.15, 0.2) is 70.5 Å². The maximum Gasteiger partial charge on any atom is 0.320 e. The average molecular weight is 310 g/mol. The van der Waals surface area contributed by atoms with Crippen LogP contribution in [0.2, 0.25) is 0 Å². The predicted molar refractivity (Wildman–Crippen MR) is 86.5 cm³/mol. The minimum Gasteiger partial charge on any atom is -0.305 e. The Morgan fingerprint density at radius 3 is 2.39 bits per heavy atom. The molecule has 0 amide bonds. The van der Waals surface area contributed by atoms with Gasteiger partial charge < -0.3 is 4.57 Å². The summed E-state index contributed by atoms with van der Waals surface area (Å²) in [4.78, 5) is 24.5. The number of nitrogens with zero attached hydrogens (tertiary/aromatic N) is 2. The van der Waals surface area contributed by atoms with Gasteiger partial charge in [-0.25, -0.2) is 4.39 Å². The Labute approximate surface area is 132 Å². The van der Waals surface area contributed by atoms with E-state index >= 15 is 0 Å². The molecule has 0 saturated heterocycles. The fraction of sp³-hybridized carbons (Fsp3) is 0.111. The highest BCUT2D eigenvalue weighted by molar-refractivity contribution is 5.34. The van der Waals surface area contributed by atoms with E-state index in [4.69, 9.17) is 0 Å². The summed E-state index contributed by atoms with van der Waals surface area (Å²) in [5.41, 5.74) is 1.06. The van der Waals surface area contributed by atoms with Gasteiger partial charge in [-0.15, -0.1) is 0 Å². The smallest absolute Gasteiger partial charge is 0.305 e. The van der Waals surface area contributed by atoms with Crippen molar-refractivity contribution >= 4 is 0 Å². The number of hydrogen-bond acceptors (Lipinski definition) is 2. The van der Waals surface area contributed by atoms with Crippen LogP contribution in [0.25, 0.3) is 5.69 Å². The summed E-state index contributed by atoms with van der Waals surface area (Å²) in [5, 5.41) is 0. The zero-order chi connectivity index (χ0) is 16.4. The number of halogens is 1. The number of benzene rings is 2. The molecule has 1 aromatic heterocycles. The molecule has 0 aliphatic heterocycles. The van der Waals surface area contributed by atoms with Crippen molar-refractivity contribution in [1.82, 2.24) is 9.13 Å². The van der Waals surface area contributed by atoms with Crippen molar-refractivity contribution in [3.05, 3.63) is 98.6 Å². The molecule has 2 aromatic carbocycles. The fourth-order valence-corrected chi connectivity index (χ4v) is 2.37. The Bertz CT molecular complexity index is 956. The van der Waals surface area contributed by atoms with Gasteiger partial charge in [-0.05, 0) is 36.8 Å². The Morgan fingerprint density at radius 2 is 1.70 bits per heavy atom. The maximum absolute atomic E-state index is 13.2. The van der Waals surface area contributed by atoms with Crippen LogP contribution in [0, 0.1) is 12.7 Å². The monoisotopic (exact) mass is 310 g/mol. The third-order valence-electron chi connectivity index (χ3n) is 3.61. The van der Waals surface area contributed by atoms with Crippen LogP contribution in [0.5, 0.6) is 0 Å². The Morgan fingerprint density at radius 1 is 0.957 bits per heavy atom. The van der Waals surface area contributed by atoms with E-state index in [1.54, 1.807) is 30.5 Å².